The lowest BCUT2D eigenvalue weighted by atomic mass is 9.98. The number of aliphatic imine (C=N–C) groups is 1. The molecule has 30 heavy (non-hydrogen) atoms. The van der Waals surface area contributed by atoms with E-state index < -0.39 is 35.5 Å². The Bertz CT molecular complexity index is 1090. The van der Waals surface area contributed by atoms with Crippen molar-refractivity contribution in [1.82, 2.24) is 0 Å². The quantitative estimate of drug-likeness (QED) is 0.443. The molecule has 0 unspecified atom stereocenters. The van der Waals surface area contributed by atoms with E-state index in [9.17, 15) is 22.0 Å². The molecular formula is C23H16F5NO. The van der Waals surface area contributed by atoms with Gasteiger partial charge in [-0.05, 0) is 47.9 Å². The highest BCUT2D eigenvalue weighted by molar-refractivity contribution is 5.96. The zero-order valence-corrected chi connectivity index (χ0v) is 15.8. The minimum atomic E-state index is -4.42. The van der Waals surface area contributed by atoms with Crippen LogP contribution in [0.25, 0.3) is 11.1 Å². The van der Waals surface area contributed by atoms with Crippen LogP contribution in [-0.4, -0.2) is 12.0 Å². The highest BCUT2D eigenvalue weighted by atomic mass is 19.4. The molecule has 1 aliphatic rings. The van der Waals surface area contributed by atoms with E-state index in [0.717, 1.165) is 29.8 Å². The van der Waals surface area contributed by atoms with E-state index in [2.05, 4.69) is 4.99 Å². The number of nitrogens with zero attached hydrogens (tertiary/aromatic N) is 1. The second-order valence-electron chi connectivity index (χ2n) is 7.00. The minimum absolute atomic E-state index is 0.106. The van der Waals surface area contributed by atoms with Crippen molar-refractivity contribution < 1.29 is 26.7 Å². The molecule has 1 aliphatic heterocycles. The molecule has 2 nitrogen and oxygen atoms in total. The van der Waals surface area contributed by atoms with Crippen LogP contribution in [0, 0.1) is 11.6 Å². The van der Waals surface area contributed by atoms with E-state index in [1.54, 1.807) is 37.3 Å². The molecule has 4 rings (SSSR count). The Balaban J connectivity index is 1.63. The maximum absolute atomic E-state index is 14.0. The molecule has 0 bridgehead atoms. The van der Waals surface area contributed by atoms with Crippen molar-refractivity contribution in [2.75, 3.05) is 0 Å². The normalized spacial score (nSPS) is 18.8. The number of alkyl halides is 3. The Morgan fingerprint density at radius 1 is 0.833 bits per heavy atom. The van der Waals surface area contributed by atoms with Crippen LogP contribution in [0.2, 0.25) is 0 Å². The Morgan fingerprint density at radius 3 is 2.10 bits per heavy atom. The van der Waals surface area contributed by atoms with Crippen molar-refractivity contribution in [3.8, 4) is 11.1 Å². The molecule has 0 amide bonds. The third-order valence-corrected chi connectivity index (χ3v) is 4.95. The van der Waals surface area contributed by atoms with Crippen LogP contribution in [0.3, 0.4) is 0 Å². The summed E-state index contributed by atoms with van der Waals surface area (Å²) in [5.74, 6) is -1.63. The maximum atomic E-state index is 14.0. The Hall–Kier alpha value is -3.22. The van der Waals surface area contributed by atoms with Gasteiger partial charge in [0.15, 0.2) is 0 Å². The molecule has 154 valence electrons. The van der Waals surface area contributed by atoms with Crippen molar-refractivity contribution in [2.24, 2.45) is 4.99 Å². The molecule has 0 spiro atoms. The fourth-order valence-electron chi connectivity index (χ4n) is 3.42. The van der Waals surface area contributed by atoms with Gasteiger partial charge in [0.1, 0.15) is 29.3 Å². The van der Waals surface area contributed by atoms with Gasteiger partial charge < -0.3 is 4.74 Å². The van der Waals surface area contributed by atoms with E-state index in [1.165, 1.54) is 12.1 Å². The first-order valence-corrected chi connectivity index (χ1v) is 9.20. The molecule has 0 aliphatic carbocycles. The molecule has 2 atom stereocenters. The molecule has 3 aromatic rings. The number of rotatable bonds is 3. The van der Waals surface area contributed by atoms with E-state index in [4.69, 9.17) is 4.74 Å². The van der Waals surface area contributed by atoms with Crippen LogP contribution in [0.1, 0.15) is 29.7 Å². The topological polar surface area (TPSA) is 21.6 Å². The lowest BCUT2D eigenvalue weighted by molar-refractivity contribution is -0.137. The summed E-state index contributed by atoms with van der Waals surface area (Å²) in [5.41, 5.74) is 0.742. The third-order valence-electron chi connectivity index (χ3n) is 4.95. The summed E-state index contributed by atoms with van der Waals surface area (Å²) in [5, 5.41) is 0. The highest BCUT2D eigenvalue weighted by Gasteiger charge is 2.32. The summed E-state index contributed by atoms with van der Waals surface area (Å²) in [6.07, 6.45) is -4.88. The number of halogens is 5. The van der Waals surface area contributed by atoms with Gasteiger partial charge in [0, 0.05) is 0 Å². The highest BCUT2D eigenvalue weighted by Crippen LogP contribution is 2.35. The third kappa shape index (κ3) is 3.79. The maximum Gasteiger partial charge on any atom is 0.416 e. The lowest BCUT2D eigenvalue weighted by Crippen LogP contribution is -2.14. The lowest BCUT2D eigenvalue weighted by Gasteiger charge is -2.14. The summed E-state index contributed by atoms with van der Waals surface area (Å²) in [4.78, 5) is 4.35. The van der Waals surface area contributed by atoms with E-state index >= 15 is 0 Å². The van der Waals surface area contributed by atoms with Gasteiger partial charge >= 0.3 is 6.18 Å². The Morgan fingerprint density at radius 2 is 1.47 bits per heavy atom. The van der Waals surface area contributed by atoms with Gasteiger partial charge in [-0.15, -0.1) is 0 Å². The first kappa shape index (κ1) is 20.1. The first-order chi connectivity index (χ1) is 14.2. The van der Waals surface area contributed by atoms with Crippen LogP contribution < -0.4 is 0 Å². The average molecular weight is 417 g/mol. The summed E-state index contributed by atoms with van der Waals surface area (Å²) in [6, 6.07) is 14.9. The monoisotopic (exact) mass is 417 g/mol. The predicted molar refractivity (Wildman–Crippen MR) is 103 cm³/mol. The SMILES string of the molecule is C[C@H]1OC(c2c(F)cccc2F)=N[C@H]1c1ccc(-c2cccc(C(F)(F)F)c2)cc1. The van der Waals surface area contributed by atoms with Gasteiger partial charge in [-0.2, -0.15) is 13.2 Å². The van der Waals surface area contributed by atoms with E-state index in [1.807, 2.05) is 0 Å². The van der Waals surface area contributed by atoms with Gasteiger partial charge in [0.2, 0.25) is 5.90 Å². The molecule has 1 heterocycles. The predicted octanol–water partition coefficient (Wildman–Crippen LogP) is 6.56. The average Bonchev–Trinajstić information content (AvgIpc) is 3.08. The minimum Gasteiger partial charge on any atom is -0.472 e. The second kappa shape index (κ2) is 7.55. The van der Waals surface area contributed by atoms with Crippen molar-refractivity contribution >= 4 is 5.90 Å². The van der Waals surface area contributed by atoms with Crippen molar-refractivity contribution in [2.45, 2.75) is 25.2 Å². The van der Waals surface area contributed by atoms with Gasteiger partial charge in [-0.1, -0.05) is 42.5 Å². The fraction of sp³-hybridized carbons (Fsp3) is 0.174. The van der Waals surface area contributed by atoms with Crippen LogP contribution in [0.15, 0.2) is 71.7 Å². The zero-order chi connectivity index (χ0) is 21.5. The number of hydrogen-bond acceptors (Lipinski definition) is 2. The second-order valence-corrected chi connectivity index (χ2v) is 7.00. The van der Waals surface area contributed by atoms with E-state index in [0.29, 0.717) is 11.1 Å². The largest absolute Gasteiger partial charge is 0.472 e. The van der Waals surface area contributed by atoms with Crippen LogP contribution >= 0.6 is 0 Å². The van der Waals surface area contributed by atoms with Crippen LogP contribution in [-0.2, 0) is 10.9 Å². The Labute approximate surface area is 169 Å². The molecule has 3 aromatic carbocycles. The van der Waals surface area contributed by atoms with Gasteiger partial charge in [-0.3, -0.25) is 0 Å². The summed E-state index contributed by atoms with van der Waals surface area (Å²) in [6.45, 7) is 1.74. The van der Waals surface area contributed by atoms with Crippen LogP contribution in [0.5, 0.6) is 0 Å². The molecular weight excluding hydrogens is 401 g/mol. The summed E-state index contributed by atoms with van der Waals surface area (Å²) < 4.78 is 72.5. The zero-order valence-electron chi connectivity index (χ0n) is 15.8. The molecule has 0 saturated carbocycles. The molecule has 0 fully saturated rings. The molecule has 0 saturated heterocycles. The van der Waals surface area contributed by atoms with E-state index in [-0.39, 0.29) is 11.5 Å². The van der Waals surface area contributed by atoms with Crippen molar-refractivity contribution in [3.05, 3.63) is 95.1 Å². The van der Waals surface area contributed by atoms with Crippen molar-refractivity contribution in [3.63, 3.8) is 0 Å². The Kier molecular flexibility index (Phi) is 5.05. The van der Waals surface area contributed by atoms with Gasteiger partial charge in [-0.25, -0.2) is 13.8 Å². The number of benzene rings is 3. The summed E-state index contributed by atoms with van der Waals surface area (Å²) in [7, 11) is 0. The fourth-order valence-corrected chi connectivity index (χ4v) is 3.42. The van der Waals surface area contributed by atoms with Gasteiger partial charge in [0.05, 0.1) is 5.56 Å². The smallest absolute Gasteiger partial charge is 0.416 e. The molecule has 0 radical (unpaired) electrons. The summed E-state index contributed by atoms with van der Waals surface area (Å²) >= 11 is 0. The number of ether oxygens (including phenoxy) is 1. The van der Waals surface area contributed by atoms with Gasteiger partial charge in [0.25, 0.3) is 0 Å². The van der Waals surface area contributed by atoms with Crippen LogP contribution in [0.4, 0.5) is 22.0 Å². The molecule has 0 aromatic heterocycles. The standard InChI is InChI=1S/C23H16F5NO/c1-13-21(29-22(30-13)20-18(24)6-3-7-19(20)25)15-10-8-14(9-11-15)16-4-2-5-17(12-16)23(26,27)28/h2-13,21H,1H3/t13-,21-/m1/s1. The number of hydrogen-bond donors (Lipinski definition) is 0. The van der Waals surface area contributed by atoms with Crippen molar-refractivity contribution in [1.29, 1.82) is 0 Å². The molecule has 7 heteroatoms. The first-order valence-electron chi connectivity index (χ1n) is 9.20. The molecule has 0 N–H and O–H groups in total.